The molecule has 1 amide bonds. The van der Waals surface area contributed by atoms with Gasteiger partial charge in [-0.05, 0) is 30.9 Å². The summed E-state index contributed by atoms with van der Waals surface area (Å²) in [6.45, 7) is 6.72. The predicted molar refractivity (Wildman–Crippen MR) is 81.3 cm³/mol. The minimum absolute atomic E-state index is 0.104. The Labute approximate surface area is 129 Å². The lowest BCUT2D eigenvalue weighted by atomic mass is 10.1. The van der Waals surface area contributed by atoms with Gasteiger partial charge in [-0.3, -0.25) is 4.79 Å². The number of nitrogens with one attached hydrogen (secondary N) is 2. The van der Waals surface area contributed by atoms with Crippen LogP contribution in [0.15, 0.2) is 24.5 Å². The maximum atomic E-state index is 11.8. The van der Waals surface area contributed by atoms with Crippen molar-refractivity contribution in [2.24, 2.45) is 5.92 Å². The van der Waals surface area contributed by atoms with Crippen LogP contribution >= 0.6 is 0 Å². The van der Waals surface area contributed by atoms with E-state index in [0.29, 0.717) is 18.3 Å². The molecule has 0 spiro atoms. The number of amides is 1. The normalized spacial score (nSPS) is 12.2. The molecule has 0 aliphatic rings. The second kappa shape index (κ2) is 7.53. The Morgan fingerprint density at radius 2 is 2.23 bits per heavy atom. The highest BCUT2D eigenvalue weighted by atomic mass is 16.5. The van der Waals surface area contributed by atoms with Crippen molar-refractivity contribution >= 4 is 5.91 Å². The summed E-state index contributed by atoms with van der Waals surface area (Å²) in [5, 5.41) is 12.5. The third kappa shape index (κ3) is 4.83. The third-order valence-corrected chi connectivity index (χ3v) is 3.03. The standard InChI is InChI=1S/C15H21N5O2/c1-10(2)6-11(3)22-14-7-12(4-5-16-14)8-17-15(21)13-9-18-20-19-13/h4-5,7,9-11H,6,8H2,1-3H3,(H,17,21)(H,18,19,20). The number of rotatable bonds is 7. The highest BCUT2D eigenvalue weighted by Crippen LogP contribution is 2.14. The fourth-order valence-corrected chi connectivity index (χ4v) is 2.13. The maximum Gasteiger partial charge on any atom is 0.273 e. The van der Waals surface area contributed by atoms with Crippen LogP contribution in [0.3, 0.4) is 0 Å². The van der Waals surface area contributed by atoms with E-state index in [1.165, 1.54) is 6.20 Å². The highest BCUT2D eigenvalue weighted by Gasteiger charge is 2.10. The number of H-pyrrole nitrogens is 1. The third-order valence-electron chi connectivity index (χ3n) is 3.03. The zero-order valence-electron chi connectivity index (χ0n) is 13.0. The summed E-state index contributed by atoms with van der Waals surface area (Å²) in [6.07, 6.45) is 4.13. The van der Waals surface area contributed by atoms with Gasteiger partial charge in [0, 0.05) is 18.8 Å². The molecule has 2 N–H and O–H groups in total. The fraction of sp³-hybridized carbons (Fsp3) is 0.467. The van der Waals surface area contributed by atoms with Gasteiger partial charge in [-0.15, -0.1) is 0 Å². The van der Waals surface area contributed by atoms with Crippen molar-refractivity contribution < 1.29 is 9.53 Å². The number of carbonyl (C=O) groups excluding carboxylic acids is 1. The molecule has 118 valence electrons. The molecule has 0 aliphatic carbocycles. The molecular formula is C15H21N5O2. The molecule has 2 aromatic heterocycles. The van der Waals surface area contributed by atoms with Crippen LogP contribution in [0.4, 0.5) is 0 Å². The van der Waals surface area contributed by atoms with E-state index in [4.69, 9.17) is 4.74 Å². The molecule has 0 radical (unpaired) electrons. The lowest BCUT2D eigenvalue weighted by Gasteiger charge is -2.16. The van der Waals surface area contributed by atoms with Gasteiger partial charge in [-0.25, -0.2) is 4.98 Å². The molecule has 2 heterocycles. The number of nitrogens with zero attached hydrogens (tertiary/aromatic N) is 3. The second-order valence-corrected chi connectivity index (χ2v) is 5.60. The summed E-state index contributed by atoms with van der Waals surface area (Å²) in [6, 6.07) is 3.67. The first-order valence-electron chi connectivity index (χ1n) is 7.30. The number of ether oxygens (including phenoxy) is 1. The number of pyridine rings is 1. The molecule has 1 unspecified atom stereocenters. The first kappa shape index (κ1) is 15.9. The molecule has 0 saturated carbocycles. The molecule has 0 fully saturated rings. The van der Waals surface area contributed by atoms with Crippen molar-refractivity contribution in [3.63, 3.8) is 0 Å². The number of carbonyl (C=O) groups is 1. The molecule has 1 atom stereocenters. The van der Waals surface area contributed by atoms with Gasteiger partial charge >= 0.3 is 0 Å². The SMILES string of the molecule is CC(C)CC(C)Oc1cc(CNC(=O)c2cn[nH]n2)ccn1. The minimum atomic E-state index is -0.277. The molecule has 0 aliphatic heterocycles. The molecule has 22 heavy (non-hydrogen) atoms. The van der Waals surface area contributed by atoms with Crippen molar-refractivity contribution in [2.75, 3.05) is 0 Å². The fourth-order valence-electron chi connectivity index (χ4n) is 2.13. The lowest BCUT2D eigenvalue weighted by molar-refractivity contribution is 0.0945. The highest BCUT2D eigenvalue weighted by molar-refractivity contribution is 5.91. The van der Waals surface area contributed by atoms with Gasteiger partial charge < -0.3 is 10.1 Å². The summed E-state index contributed by atoms with van der Waals surface area (Å²) in [7, 11) is 0. The average Bonchev–Trinajstić information content (AvgIpc) is 2.98. The van der Waals surface area contributed by atoms with E-state index in [0.717, 1.165) is 12.0 Å². The van der Waals surface area contributed by atoms with Gasteiger partial charge in [-0.2, -0.15) is 15.4 Å². The summed E-state index contributed by atoms with van der Waals surface area (Å²) in [5.41, 5.74) is 1.18. The molecule has 2 rings (SSSR count). The predicted octanol–water partition coefficient (Wildman–Crippen LogP) is 1.94. The number of aromatic amines is 1. The Kier molecular flexibility index (Phi) is 5.46. The summed E-state index contributed by atoms with van der Waals surface area (Å²) < 4.78 is 5.79. The zero-order valence-corrected chi connectivity index (χ0v) is 13.0. The molecule has 0 aromatic carbocycles. The largest absolute Gasteiger partial charge is 0.475 e. The Hall–Kier alpha value is -2.44. The van der Waals surface area contributed by atoms with Crippen molar-refractivity contribution in [1.29, 1.82) is 0 Å². The lowest BCUT2D eigenvalue weighted by Crippen LogP contribution is -2.23. The van der Waals surface area contributed by atoms with E-state index in [1.54, 1.807) is 6.20 Å². The molecule has 2 aromatic rings. The molecular weight excluding hydrogens is 282 g/mol. The van der Waals surface area contributed by atoms with Crippen LogP contribution in [-0.2, 0) is 6.54 Å². The van der Waals surface area contributed by atoms with E-state index >= 15 is 0 Å². The van der Waals surface area contributed by atoms with Crippen LogP contribution in [0.1, 0.15) is 43.2 Å². The van der Waals surface area contributed by atoms with E-state index < -0.39 is 0 Å². The molecule has 0 saturated heterocycles. The van der Waals surface area contributed by atoms with Gasteiger partial charge in [0.15, 0.2) is 5.69 Å². The van der Waals surface area contributed by atoms with Crippen LogP contribution in [0.5, 0.6) is 5.88 Å². The topological polar surface area (TPSA) is 92.8 Å². The molecule has 7 heteroatoms. The molecule has 7 nitrogen and oxygen atoms in total. The number of aromatic nitrogens is 4. The van der Waals surface area contributed by atoms with Gasteiger partial charge in [0.25, 0.3) is 5.91 Å². The van der Waals surface area contributed by atoms with Crippen LogP contribution in [0.25, 0.3) is 0 Å². The first-order valence-corrected chi connectivity index (χ1v) is 7.30. The monoisotopic (exact) mass is 303 g/mol. The van der Waals surface area contributed by atoms with E-state index in [2.05, 4.69) is 39.6 Å². The van der Waals surface area contributed by atoms with Gasteiger partial charge in [0.1, 0.15) is 0 Å². The van der Waals surface area contributed by atoms with Crippen molar-refractivity contribution in [3.8, 4) is 5.88 Å². The Morgan fingerprint density at radius 1 is 1.41 bits per heavy atom. The summed E-state index contributed by atoms with van der Waals surface area (Å²) in [5.74, 6) is 0.863. The van der Waals surface area contributed by atoms with Gasteiger partial charge in [-0.1, -0.05) is 13.8 Å². The van der Waals surface area contributed by atoms with Crippen molar-refractivity contribution in [1.82, 2.24) is 25.7 Å². The van der Waals surface area contributed by atoms with E-state index in [-0.39, 0.29) is 17.7 Å². The zero-order chi connectivity index (χ0) is 15.9. The van der Waals surface area contributed by atoms with Crippen LogP contribution in [0, 0.1) is 5.92 Å². The Balaban J connectivity index is 1.89. The summed E-state index contributed by atoms with van der Waals surface area (Å²) in [4.78, 5) is 16.0. The van der Waals surface area contributed by atoms with Gasteiger partial charge in [0.2, 0.25) is 5.88 Å². The minimum Gasteiger partial charge on any atom is -0.475 e. The smallest absolute Gasteiger partial charge is 0.273 e. The maximum absolute atomic E-state index is 11.8. The van der Waals surface area contributed by atoms with Crippen LogP contribution < -0.4 is 10.1 Å². The number of hydrogen-bond acceptors (Lipinski definition) is 5. The van der Waals surface area contributed by atoms with Crippen LogP contribution in [0.2, 0.25) is 0 Å². The van der Waals surface area contributed by atoms with Crippen LogP contribution in [-0.4, -0.2) is 32.4 Å². The number of hydrogen-bond donors (Lipinski definition) is 2. The average molecular weight is 303 g/mol. The van der Waals surface area contributed by atoms with E-state index in [9.17, 15) is 4.79 Å². The second-order valence-electron chi connectivity index (χ2n) is 5.60. The summed E-state index contributed by atoms with van der Waals surface area (Å²) >= 11 is 0. The van der Waals surface area contributed by atoms with Crippen molar-refractivity contribution in [3.05, 3.63) is 35.8 Å². The van der Waals surface area contributed by atoms with E-state index in [1.807, 2.05) is 19.1 Å². The first-order chi connectivity index (χ1) is 10.5. The Bertz CT molecular complexity index is 598. The van der Waals surface area contributed by atoms with Gasteiger partial charge in [0.05, 0.1) is 12.3 Å². The van der Waals surface area contributed by atoms with Crippen molar-refractivity contribution in [2.45, 2.75) is 39.8 Å². The molecule has 0 bridgehead atoms. The Morgan fingerprint density at radius 3 is 2.91 bits per heavy atom. The quantitative estimate of drug-likeness (QED) is 0.815.